The van der Waals surface area contributed by atoms with Crippen LogP contribution in [0.3, 0.4) is 0 Å². The molecule has 3 aliphatic rings. The van der Waals surface area contributed by atoms with Crippen molar-refractivity contribution in [1.29, 1.82) is 0 Å². The van der Waals surface area contributed by atoms with Crippen molar-refractivity contribution in [3.63, 3.8) is 0 Å². The van der Waals surface area contributed by atoms with Crippen LogP contribution in [0, 0.1) is 23.2 Å². The summed E-state index contributed by atoms with van der Waals surface area (Å²) in [4.78, 5) is 39.1. The zero-order valence-electron chi connectivity index (χ0n) is 19.8. The molecular weight excluding hydrogens is 386 g/mol. The summed E-state index contributed by atoms with van der Waals surface area (Å²) >= 11 is 0. The van der Waals surface area contributed by atoms with E-state index in [2.05, 4.69) is 5.32 Å². The van der Waals surface area contributed by atoms with E-state index < -0.39 is 40.3 Å². The maximum absolute atomic E-state index is 13.4. The lowest BCUT2D eigenvalue weighted by molar-refractivity contribution is -0.166. The normalized spacial score (nSPS) is 31.6. The van der Waals surface area contributed by atoms with Crippen molar-refractivity contribution in [2.24, 2.45) is 23.2 Å². The maximum atomic E-state index is 13.4. The molecule has 0 saturated heterocycles. The van der Waals surface area contributed by atoms with Gasteiger partial charge in [0.25, 0.3) is 0 Å². The molecule has 30 heavy (non-hydrogen) atoms. The summed E-state index contributed by atoms with van der Waals surface area (Å²) < 4.78 is 16.8. The Kier molecular flexibility index (Phi) is 5.04. The maximum Gasteiger partial charge on any atom is 0.408 e. The molecule has 0 aromatic carbocycles. The SMILES string of the molecule is CC(C)(C)OC(=O)NC1(C(=O)OC(C)(C)C)CC2(CC2)C2C(C(=O)OC(C)(C)C)C21. The van der Waals surface area contributed by atoms with Crippen LogP contribution in [0.1, 0.15) is 81.6 Å². The Labute approximate surface area is 179 Å². The zero-order chi connectivity index (χ0) is 22.9. The number of carbonyl (C=O) groups excluding carboxylic acids is 3. The molecule has 0 aromatic rings. The van der Waals surface area contributed by atoms with E-state index >= 15 is 0 Å². The van der Waals surface area contributed by atoms with E-state index in [1.807, 2.05) is 20.8 Å². The molecule has 170 valence electrons. The molecule has 3 aliphatic carbocycles. The third-order valence-electron chi connectivity index (χ3n) is 5.99. The fraction of sp³-hybridized carbons (Fsp3) is 0.870. The van der Waals surface area contributed by atoms with Gasteiger partial charge in [0.2, 0.25) is 0 Å². The largest absolute Gasteiger partial charge is 0.460 e. The van der Waals surface area contributed by atoms with Gasteiger partial charge < -0.3 is 19.5 Å². The summed E-state index contributed by atoms with van der Waals surface area (Å²) in [5.74, 6) is -1.52. The zero-order valence-corrected chi connectivity index (χ0v) is 19.8. The van der Waals surface area contributed by atoms with E-state index in [-0.39, 0.29) is 23.2 Å². The van der Waals surface area contributed by atoms with Crippen molar-refractivity contribution in [2.75, 3.05) is 0 Å². The Morgan fingerprint density at radius 3 is 1.70 bits per heavy atom. The number of carbonyl (C=O) groups is 3. The molecule has 7 nitrogen and oxygen atoms in total. The topological polar surface area (TPSA) is 90.9 Å². The van der Waals surface area contributed by atoms with Crippen LogP contribution < -0.4 is 5.32 Å². The quantitative estimate of drug-likeness (QED) is 0.545. The lowest BCUT2D eigenvalue weighted by atomic mass is 9.84. The first kappa shape index (κ1) is 22.9. The average molecular weight is 424 g/mol. The van der Waals surface area contributed by atoms with Gasteiger partial charge >= 0.3 is 18.0 Å². The van der Waals surface area contributed by atoms with Crippen molar-refractivity contribution in [3.05, 3.63) is 0 Å². The van der Waals surface area contributed by atoms with Gasteiger partial charge in [-0.2, -0.15) is 0 Å². The second-order valence-corrected chi connectivity index (χ2v) is 12.3. The van der Waals surface area contributed by atoms with Crippen LogP contribution in [0.4, 0.5) is 4.79 Å². The van der Waals surface area contributed by atoms with Crippen LogP contribution in [0.25, 0.3) is 0 Å². The molecule has 1 spiro atoms. The molecule has 7 heteroatoms. The molecule has 0 heterocycles. The van der Waals surface area contributed by atoms with Crippen molar-refractivity contribution >= 4 is 18.0 Å². The summed E-state index contributed by atoms with van der Waals surface area (Å²) in [5, 5.41) is 2.86. The fourth-order valence-corrected chi connectivity index (χ4v) is 5.05. The minimum Gasteiger partial charge on any atom is -0.460 e. The highest BCUT2D eigenvalue weighted by molar-refractivity contribution is 5.91. The van der Waals surface area contributed by atoms with Crippen LogP contribution in [0.2, 0.25) is 0 Å². The van der Waals surface area contributed by atoms with Gasteiger partial charge in [-0.1, -0.05) is 0 Å². The molecule has 3 rings (SSSR count). The molecule has 1 N–H and O–H groups in total. The second kappa shape index (κ2) is 6.60. The standard InChI is InChI=1S/C23H37NO6/c1-19(2,3)28-16(25)13-14-15(13)23(12-22(14)10-11-22,17(26)29-20(4,5)6)24-18(27)30-21(7,8)9/h13-15H,10-12H2,1-9H3,(H,24,27). The smallest absolute Gasteiger partial charge is 0.408 e. The molecule has 3 fully saturated rings. The highest BCUT2D eigenvalue weighted by Crippen LogP contribution is 2.79. The van der Waals surface area contributed by atoms with Gasteiger partial charge in [-0.25, -0.2) is 9.59 Å². The minimum absolute atomic E-state index is 0.0230. The number of rotatable bonds is 3. The fourth-order valence-electron chi connectivity index (χ4n) is 5.05. The van der Waals surface area contributed by atoms with Crippen LogP contribution >= 0.6 is 0 Å². The van der Waals surface area contributed by atoms with E-state index in [0.29, 0.717) is 6.42 Å². The summed E-state index contributed by atoms with van der Waals surface area (Å²) in [7, 11) is 0. The van der Waals surface area contributed by atoms with Crippen molar-refractivity contribution < 1.29 is 28.6 Å². The summed E-state index contributed by atoms with van der Waals surface area (Å²) in [5.41, 5.74) is -3.43. The average Bonchev–Trinajstić information content (AvgIpc) is 3.32. The predicted octanol–water partition coefficient (Wildman–Crippen LogP) is 3.98. The Morgan fingerprint density at radius 2 is 1.27 bits per heavy atom. The third kappa shape index (κ3) is 4.45. The Hall–Kier alpha value is -1.79. The molecule has 4 unspecified atom stereocenters. The highest BCUT2D eigenvalue weighted by atomic mass is 16.6. The molecule has 0 radical (unpaired) electrons. The number of ether oxygens (including phenoxy) is 3. The third-order valence-corrected chi connectivity index (χ3v) is 5.99. The van der Waals surface area contributed by atoms with E-state index in [9.17, 15) is 14.4 Å². The number of amides is 1. The second-order valence-electron chi connectivity index (χ2n) is 12.3. The van der Waals surface area contributed by atoms with Crippen molar-refractivity contribution in [3.8, 4) is 0 Å². The van der Waals surface area contributed by atoms with E-state index in [0.717, 1.165) is 12.8 Å². The lowest BCUT2D eigenvalue weighted by Gasteiger charge is -2.36. The minimum atomic E-state index is -1.28. The first-order valence-electron chi connectivity index (χ1n) is 10.9. The van der Waals surface area contributed by atoms with E-state index in [1.54, 1.807) is 41.5 Å². The van der Waals surface area contributed by atoms with Crippen molar-refractivity contribution in [2.45, 2.75) is 104 Å². The van der Waals surface area contributed by atoms with Gasteiger partial charge in [-0.15, -0.1) is 0 Å². The van der Waals surface area contributed by atoms with Crippen LogP contribution in [-0.4, -0.2) is 40.4 Å². The Balaban J connectivity index is 1.92. The van der Waals surface area contributed by atoms with Gasteiger partial charge in [-0.05, 0) is 92.9 Å². The number of alkyl carbamates (subject to hydrolysis) is 1. The van der Waals surface area contributed by atoms with Crippen molar-refractivity contribution in [1.82, 2.24) is 5.32 Å². The van der Waals surface area contributed by atoms with Crippen LogP contribution in [0.15, 0.2) is 0 Å². The number of fused-ring (bicyclic) bond motifs is 2. The lowest BCUT2D eigenvalue weighted by Crippen LogP contribution is -2.59. The highest BCUT2D eigenvalue weighted by Gasteiger charge is 2.83. The molecule has 3 saturated carbocycles. The number of esters is 2. The Morgan fingerprint density at radius 1 is 0.767 bits per heavy atom. The van der Waals surface area contributed by atoms with E-state index in [4.69, 9.17) is 14.2 Å². The predicted molar refractivity (Wildman–Crippen MR) is 111 cm³/mol. The number of nitrogens with one attached hydrogen (secondary N) is 1. The first-order valence-corrected chi connectivity index (χ1v) is 10.9. The number of hydrogen-bond donors (Lipinski definition) is 1. The first-order chi connectivity index (χ1) is 13.4. The molecular formula is C23H37NO6. The molecule has 0 bridgehead atoms. The monoisotopic (exact) mass is 423 g/mol. The molecule has 1 amide bonds. The van der Waals surface area contributed by atoms with Crippen LogP contribution in [-0.2, 0) is 23.8 Å². The number of hydrogen-bond acceptors (Lipinski definition) is 6. The van der Waals surface area contributed by atoms with Gasteiger partial charge in [0.05, 0.1) is 5.92 Å². The van der Waals surface area contributed by atoms with E-state index in [1.165, 1.54) is 0 Å². The molecule has 4 atom stereocenters. The molecule has 0 aromatic heterocycles. The van der Waals surface area contributed by atoms with Crippen LogP contribution in [0.5, 0.6) is 0 Å². The molecule has 0 aliphatic heterocycles. The summed E-state index contributed by atoms with van der Waals surface area (Å²) in [6, 6.07) is 0. The Bertz CT molecular complexity index is 749. The van der Waals surface area contributed by atoms with Gasteiger partial charge in [-0.3, -0.25) is 4.79 Å². The van der Waals surface area contributed by atoms with Gasteiger partial charge in [0.15, 0.2) is 0 Å². The van der Waals surface area contributed by atoms with Gasteiger partial charge in [0, 0.05) is 5.92 Å². The van der Waals surface area contributed by atoms with Gasteiger partial charge in [0.1, 0.15) is 22.3 Å². The summed E-state index contributed by atoms with van der Waals surface area (Å²) in [6.45, 7) is 16.2. The summed E-state index contributed by atoms with van der Waals surface area (Å²) in [6.07, 6.45) is 1.69.